The smallest absolute Gasteiger partial charge is 0.225 e. The van der Waals surface area contributed by atoms with Crippen molar-refractivity contribution in [3.05, 3.63) is 0 Å². The van der Waals surface area contributed by atoms with Gasteiger partial charge in [-0.05, 0) is 38.1 Å². The summed E-state index contributed by atoms with van der Waals surface area (Å²) in [6.07, 6.45) is 5.14. The van der Waals surface area contributed by atoms with Crippen molar-refractivity contribution in [1.29, 1.82) is 0 Å². The van der Waals surface area contributed by atoms with Crippen molar-refractivity contribution in [2.45, 2.75) is 25.7 Å². The summed E-state index contributed by atoms with van der Waals surface area (Å²) in [5.74, 6) is 2.31. The number of nitrogens with zero attached hydrogens (tertiary/aromatic N) is 1. The maximum absolute atomic E-state index is 12.1. The van der Waals surface area contributed by atoms with Gasteiger partial charge >= 0.3 is 0 Å². The highest BCUT2D eigenvalue weighted by Crippen LogP contribution is 2.48. The minimum Gasteiger partial charge on any atom is -0.344 e. The van der Waals surface area contributed by atoms with Gasteiger partial charge in [0, 0.05) is 26.1 Å². The van der Waals surface area contributed by atoms with Crippen LogP contribution in [0.3, 0.4) is 0 Å². The number of carbonyl (C=O) groups is 1. The molecule has 2 saturated carbocycles. The summed E-state index contributed by atoms with van der Waals surface area (Å²) in [6, 6.07) is 0. The molecule has 1 amide bonds. The van der Waals surface area contributed by atoms with Crippen molar-refractivity contribution in [2.75, 3.05) is 27.2 Å². The second kappa shape index (κ2) is 4.52. The molecule has 1 N–H and O–H groups in total. The van der Waals surface area contributed by atoms with Crippen molar-refractivity contribution in [1.82, 2.24) is 10.2 Å². The lowest BCUT2D eigenvalue weighted by Gasteiger charge is -2.26. The predicted octanol–water partition coefficient (Wildman–Crippen LogP) is 1.10. The normalized spacial score (nSPS) is 33.3. The molecule has 86 valence electrons. The second-order valence-corrected chi connectivity index (χ2v) is 5.14. The van der Waals surface area contributed by atoms with Crippen LogP contribution in [0.4, 0.5) is 0 Å². The first-order chi connectivity index (χ1) is 7.22. The lowest BCUT2D eigenvalue weighted by Crippen LogP contribution is -2.38. The molecule has 3 atom stereocenters. The van der Waals surface area contributed by atoms with Crippen LogP contribution in [-0.4, -0.2) is 38.0 Å². The number of likely N-dealkylation sites (N-methyl/N-ethyl adjacent to an activating group) is 2. The summed E-state index contributed by atoms with van der Waals surface area (Å²) in [5.41, 5.74) is 0. The fraction of sp³-hybridized carbons (Fsp3) is 0.917. The zero-order valence-electron chi connectivity index (χ0n) is 9.83. The van der Waals surface area contributed by atoms with E-state index in [0.29, 0.717) is 17.7 Å². The molecule has 2 aliphatic carbocycles. The van der Waals surface area contributed by atoms with E-state index in [9.17, 15) is 4.79 Å². The lowest BCUT2D eigenvalue weighted by atomic mass is 9.88. The summed E-state index contributed by atoms with van der Waals surface area (Å²) in [5, 5.41) is 3.08. The van der Waals surface area contributed by atoms with Crippen LogP contribution in [0.2, 0.25) is 0 Å². The van der Waals surface area contributed by atoms with Gasteiger partial charge in [-0.2, -0.15) is 0 Å². The van der Waals surface area contributed by atoms with Crippen LogP contribution in [0.25, 0.3) is 0 Å². The molecule has 0 aromatic rings. The van der Waals surface area contributed by atoms with Crippen molar-refractivity contribution >= 4 is 5.91 Å². The van der Waals surface area contributed by atoms with Crippen molar-refractivity contribution in [2.24, 2.45) is 17.8 Å². The highest BCUT2D eigenvalue weighted by Gasteiger charge is 2.43. The van der Waals surface area contributed by atoms with Gasteiger partial charge in [0.2, 0.25) is 5.91 Å². The van der Waals surface area contributed by atoms with Gasteiger partial charge in [0.1, 0.15) is 0 Å². The Labute approximate surface area is 92.2 Å². The van der Waals surface area contributed by atoms with Crippen molar-refractivity contribution < 1.29 is 4.79 Å². The van der Waals surface area contributed by atoms with Gasteiger partial charge in [0.25, 0.3) is 0 Å². The van der Waals surface area contributed by atoms with E-state index >= 15 is 0 Å². The van der Waals surface area contributed by atoms with Crippen LogP contribution in [-0.2, 0) is 4.79 Å². The third-order valence-corrected chi connectivity index (χ3v) is 4.13. The van der Waals surface area contributed by atoms with E-state index in [1.165, 1.54) is 19.3 Å². The van der Waals surface area contributed by atoms with Gasteiger partial charge in [-0.15, -0.1) is 0 Å². The fourth-order valence-corrected chi connectivity index (χ4v) is 3.22. The topological polar surface area (TPSA) is 32.3 Å². The Kier molecular flexibility index (Phi) is 3.29. The number of amides is 1. The van der Waals surface area contributed by atoms with Gasteiger partial charge in [0.15, 0.2) is 0 Å². The van der Waals surface area contributed by atoms with Crippen LogP contribution in [0.5, 0.6) is 0 Å². The number of hydrogen-bond acceptors (Lipinski definition) is 2. The highest BCUT2D eigenvalue weighted by atomic mass is 16.2. The molecule has 2 fully saturated rings. The van der Waals surface area contributed by atoms with Gasteiger partial charge in [-0.3, -0.25) is 4.79 Å². The summed E-state index contributed by atoms with van der Waals surface area (Å²) >= 11 is 0. The molecule has 15 heavy (non-hydrogen) atoms. The fourth-order valence-electron chi connectivity index (χ4n) is 3.22. The minimum absolute atomic E-state index is 0.352. The summed E-state index contributed by atoms with van der Waals surface area (Å²) in [6.45, 7) is 1.73. The number of nitrogens with one attached hydrogen (secondary N) is 1. The van der Waals surface area contributed by atoms with Gasteiger partial charge in [-0.25, -0.2) is 0 Å². The Morgan fingerprint density at radius 2 is 2.20 bits per heavy atom. The van der Waals surface area contributed by atoms with Gasteiger partial charge < -0.3 is 10.2 Å². The van der Waals surface area contributed by atoms with E-state index in [1.807, 2.05) is 19.0 Å². The maximum Gasteiger partial charge on any atom is 0.225 e. The Morgan fingerprint density at radius 3 is 2.73 bits per heavy atom. The van der Waals surface area contributed by atoms with Crippen molar-refractivity contribution in [3.63, 3.8) is 0 Å². The third kappa shape index (κ3) is 2.17. The number of fused-ring (bicyclic) bond motifs is 2. The molecule has 3 heteroatoms. The van der Waals surface area contributed by atoms with Crippen LogP contribution >= 0.6 is 0 Å². The number of hydrogen-bond donors (Lipinski definition) is 1. The van der Waals surface area contributed by atoms with Crippen LogP contribution in [0.1, 0.15) is 25.7 Å². The SMILES string of the molecule is CNCCN(C)C(=O)C1CC2CCC1C2. The van der Waals surface area contributed by atoms with E-state index in [0.717, 1.165) is 25.4 Å². The van der Waals surface area contributed by atoms with E-state index in [4.69, 9.17) is 0 Å². The van der Waals surface area contributed by atoms with E-state index in [-0.39, 0.29) is 0 Å². The summed E-state index contributed by atoms with van der Waals surface area (Å²) in [7, 11) is 3.86. The standard InChI is InChI=1S/C12H22N2O/c1-13-5-6-14(2)12(15)11-8-9-3-4-10(11)7-9/h9-11,13H,3-8H2,1-2H3. The molecule has 0 saturated heterocycles. The summed E-state index contributed by atoms with van der Waals surface area (Å²) in [4.78, 5) is 14.0. The molecule has 3 nitrogen and oxygen atoms in total. The quantitative estimate of drug-likeness (QED) is 0.753. The number of carbonyl (C=O) groups excluding carboxylic acids is 1. The van der Waals surface area contributed by atoms with E-state index < -0.39 is 0 Å². The average Bonchev–Trinajstić information content (AvgIpc) is 2.86. The molecular formula is C12H22N2O. The van der Waals surface area contributed by atoms with E-state index in [1.54, 1.807) is 0 Å². The first-order valence-electron chi connectivity index (χ1n) is 6.12. The minimum atomic E-state index is 0.352. The Balaban J connectivity index is 1.85. The molecule has 0 spiro atoms. The van der Waals surface area contributed by atoms with Gasteiger partial charge in [0.05, 0.1) is 0 Å². The zero-order chi connectivity index (χ0) is 10.8. The summed E-state index contributed by atoms with van der Waals surface area (Å²) < 4.78 is 0. The van der Waals surface area contributed by atoms with Crippen LogP contribution < -0.4 is 5.32 Å². The van der Waals surface area contributed by atoms with Crippen LogP contribution in [0, 0.1) is 17.8 Å². The Hall–Kier alpha value is -0.570. The lowest BCUT2D eigenvalue weighted by molar-refractivity contribution is -0.135. The second-order valence-electron chi connectivity index (χ2n) is 5.14. The largest absolute Gasteiger partial charge is 0.344 e. The maximum atomic E-state index is 12.1. The molecule has 0 aliphatic heterocycles. The first kappa shape index (κ1) is 10.9. The highest BCUT2D eigenvalue weighted by molar-refractivity contribution is 5.79. The van der Waals surface area contributed by atoms with Crippen molar-refractivity contribution in [3.8, 4) is 0 Å². The molecule has 2 aliphatic rings. The molecule has 3 unspecified atom stereocenters. The Bertz CT molecular complexity index is 242. The third-order valence-electron chi connectivity index (χ3n) is 4.13. The molecular weight excluding hydrogens is 188 g/mol. The van der Waals surface area contributed by atoms with Gasteiger partial charge in [-0.1, -0.05) is 6.42 Å². The zero-order valence-corrected chi connectivity index (χ0v) is 9.83. The monoisotopic (exact) mass is 210 g/mol. The molecule has 0 heterocycles. The molecule has 0 aromatic heterocycles. The molecule has 0 aromatic carbocycles. The van der Waals surface area contributed by atoms with Crippen LogP contribution in [0.15, 0.2) is 0 Å². The Morgan fingerprint density at radius 1 is 1.40 bits per heavy atom. The average molecular weight is 210 g/mol. The number of rotatable bonds is 4. The molecule has 2 bridgehead atoms. The molecule has 0 radical (unpaired) electrons. The van der Waals surface area contributed by atoms with E-state index in [2.05, 4.69) is 5.32 Å². The molecule has 2 rings (SSSR count). The first-order valence-corrected chi connectivity index (χ1v) is 6.12. The predicted molar refractivity (Wildman–Crippen MR) is 60.5 cm³/mol.